The number of alkyl halides is 3. The van der Waals surface area contributed by atoms with Crippen LogP contribution in [0, 0.1) is 0 Å². The molecule has 0 spiro atoms. The molecule has 0 aliphatic rings. The number of benzene rings is 2. The summed E-state index contributed by atoms with van der Waals surface area (Å²) in [7, 11) is 0. The number of nitrogens with zero attached hydrogens (tertiary/aromatic N) is 1. The van der Waals surface area contributed by atoms with Crippen LogP contribution in [0.1, 0.15) is 18.1 Å². The number of hydrogen-bond donors (Lipinski definition) is 1. The average Bonchev–Trinajstić information content (AvgIpc) is 2.53. The minimum Gasteiger partial charge on any atom is -0.345 e. The zero-order valence-electron chi connectivity index (χ0n) is 12.6. The maximum Gasteiger partial charge on any atom is 0.416 e. The zero-order valence-corrected chi connectivity index (χ0v) is 13.4. The fourth-order valence-electron chi connectivity index (χ4n) is 2.11. The van der Waals surface area contributed by atoms with Gasteiger partial charge < -0.3 is 10.2 Å². The highest BCUT2D eigenvalue weighted by atomic mass is 32.1. The SMILES string of the molecule is CCN(Cc1ccccc1)C(=S)Nc1cccc(C(F)(F)F)c1. The van der Waals surface area contributed by atoms with Crippen molar-refractivity contribution in [2.45, 2.75) is 19.6 Å². The number of thiocarbonyl (C=S) groups is 1. The second kappa shape index (κ2) is 7.46. The molecule has 0 saturated heterocycles. The Hall–Kier alpha value is -2.08. The molecule has 0 fully saturated rings. The minimum atomic E-state index is -4.37. The van der Waals surface area contributed by atoms with Crippen LogP contribution in [0.5, 0.6) is 0 Å². The first-order chi connectivity index (χ1) is 10.9. The lowest BCUT2D eigenvalue weighted by atomic mass is 10.2. The van der Waals surface area contributed by atoms with E-state index in [1.54, 1.807) is 6.07 Å². The van der Waals surface area contributed by atoms with Crippen molar-refractivity contribution in [1.82, 2.24) is 4.90 Å². The summed E-state index contributed by atoms with van der Waals surface area (Å²) in [5, 5.41) is 3.28. The molecule has 0 saturated carbocycles. The molecule has 0 aliphatic heterocycles. The molecule has 1 N–H and O–H groups in total. The Morgan fingerprint density at radius 1 is 1.09 bits per heavy atom. The van der Waals surface area contributed by atoms with Crippen LogP contribution in [0.4, 0.5) is 18.9 Å². The molecule has 2 aromatic rings. The molecule has 2 nitrogen and oxygen atoms in total. The van der Waals surface area contributed by atoms with E-state index in [0.717, 1.165) is 17.7 Å². The van der Waals surface area contributed by atoms with E-state index in [1.807, 2.05) is 42.2 Å². The van der Waals surface area contributed by atoms with E-state index in [-0.39, 0.29) is 0 Å². The summed E-state index contributed by atoms with van der Waals surface area (Å²) < 4.78 is 38.2. The fraction of sp³-hybridized carbons (Fsp3) is 0.235. The third kappa shape index (κ3) is 4.96. The first kappa shape index (κ1) is 17.3. The summed E-state index contributed by atoms with van der Waals surface area (Å²) in [6.45, 7) is 3.20. The number of halogens is 3. The highest BCUT2D eigenvalue weighted by molar-refractivity contribution is 7.80. The van der Waals surface area contributed by atoms with Crippen LogP contribution in [-0.2, 0) is 12.7 Å². The predicted molar refractivity (Wildman–Crippen MR) is 90.2 cm³/mol. The summed E-state index contributed by atoms with van der Waals surface area (Å²) in [6, 6.07) is 14.8. The van der Waals surface area contributed by atoms with E-state index in [4.69, 9.17) is 12.2 Å². The van der Waals surface area contributed by atoms with E-state index in [1.165, 1.54) is 6.07 Å². The Morgan fingerprint density at radius 2 is 1.78 bits per heavy atom. The molecule has 122 valence electrons. The molecule has 0 atom stereocenters. The maximum atomic E-state index is 12.7. The number of anilines is 1. The molecular weight excluding hydrogens is 321 g/mol. The van der Waals surface area contributed by atoms with Crippen molar-refractivity contribution in [2.24, 2.45) is 0 Å². The Labute approximate surface area is 138 Å². The second-order valence-electron chi connectivity index (χ2n) is 5.01. The van der Waals surface area contributed by atoms with Crippen LogP contribution in [0.2, 0.25) is 0 Å². The minimum absolute atomic E-state index is 0.330. The van der Waals surface area contributed by atoms with Gasteiger partial charge >= 0.3 is 6.18 Å². The van der Waals surface area contributed by atoms with E-state index in [9.17, 15) is 13.2 Å². The number of hydrogen-bond acceptors (Lipinski definition) is 1. The monoisotopic (exact) mass is 338 g/mol. The summed E-state index contributed by atoms with van der Waals surface area (Å²) in [5.74, 6) is 0. The van der Waals surface area contributed by atoms with Crippen LogP contribution in [0.3, 0.4) is 0 Å². The van der Waals surface area contributed by atoms with Gasteiger partial charge in [-0.1, -0.05) is 36.4 Å². The molecule has 2 aromatic carbocycles. The van der Waals surface area contributed by atoms with Gasteiger partial charge in [0.2, 0.25) is 0 Å². The molecule has 0 aliphatic carbocycles. The van der Waals surface area contributed by atoms with Gasteiger partial charge in [-0.3, -0.25) is 0 Å². The summed E-state index contributed by atoms with van der Waals surface area (Å²) in [6.07, 6.45) is -4.37. The van der Waals surface area contributed by atoms with Crippen LogP contribution >= 0.6 is 12.2 Å². The zero-order chi connectivity index (χ0) is 16.9. The third-order valence-electron chi connectivity index (χ3n) is 3.33. The standard InChI is InChI=1S/C17H17F3N2S/c1-2-22(12-13-7-4-3-5-8-13)16(23)21-15-10-6-9-14(11-15)17(18,19)20/h3-11H,2,12H2,1H3,(H,21,23). The van der Waals surface area contributed by atoms with Gasteiger partial charge in [0, 0.05) is 18.8 Å². The van der Waals surface area contributed by atoms with Crippen molar-refractivity contribution in [3.05, 3.63) is 65.7 Å². The topological polar surface area (TPSA) is 15.3 Å². The smallest absolute Gasteiger partial charge is 0.345 e. The predicted octanol–water partition coefficient (Wildman–Crippen LogP) is 4.92. The lowest BCUT2D eigenvalue weighted by Gasteiger charge is -2.24. The van der Waals surface area contributed by atoms with Crippen molar-refractivity contribution < 1.29 is 13.2 Å². The largest absolute Gasteiger partial charge is 0.416 e. The Balaban J connectivity index is 2.08. The highest BCUT2D eigenvalue weighted by Crippen LogP contribution is 2.30. The quantitative estimate of drug-likeness (QED) is 0.796. The lowest BCUT2D eigenvalue weighted by Crippen LogP contribution is -2.34. The highest BCUT2D eigenvalue weighted by Gasteiger charge is 2.30. The summed E-state index contributed by atoms with van der Waals surface area (Å²) >= 11 is 5.33. The fourth-order valence-corrected chi connectivity index (χ4v) is 2.42. The molecule has 0 bridgehead atoms. The van der Waals surface area contributed by atoms with Gasteiger partial charge in [0.1, 0.15) is 0 Å². The molecule has 0 unspecified atom stereocenters. The number of rotatable bonds is 4. The normalized spacial score (nSPS) is 11.1. The van der Waals surface area contributed by atoms with Gasteiger partial charge in [0.15, 0.2) is 5.11 Å². The maximum absolute atomic E-state index is 12.7. The van der Waals surface area contributed by atoms with E-state index >= 15 is 0 Å². The number of nitrogens with one attached hydrogen (secondary N) is 1. The van der Waals surface area contributed by atoms with Gasteiger partial charge in [-0.2, -0.15) is 13.2 Å². The molecule has 23 heavy (non-hydrogen) atoms. The third-order valence-corrected chi connectivity index (χ3v) is 3.69. The van der Waals surface area contributed by atoms with Crippen LogP contribution in [-0.4, -0.2) is 16.6 Å². The van der Waals surface area contributed by atoms with E-state index in [2.05, 4.69) is 5.32 Å². The Bertz CT molecular complexity index is 656. The van der Waals surface area contributed by atoms with Crippen LogP contribution < -0.4 is 5.32 Å². The average molecular weight is 338 g/mol. The van der Waals surface area contributed by atoms with Crippen molar-refractivity contribution >= 4 is 23.0 Å². The van der Waals surface area contributed by atoms with Crippen LogP contribution in [0.25, 0.3) is 0 Å². The van der Waals surface area contributed by atoms with Gasteiger partial charge in [0.25, 0.3) is 0 Å². The Kier molecular flexibility index (Phi) is 5.60. The van der Waals surface area contributed by atoms with E-state index < -0.39 is 11.7 Å². The first-order valence-electron chi connectivity index (χ1n) is 7.17. The van der Waals surface area contributed by atoms with E-state index in [0.29, 0.717) is 23.9 Å². The van der Waals surface area contributed by atoms with Gasteiger partial charge in [-0.05, 0) is 42.9 Å². The van der Waals surface area contributed by atoms with Crippen molar-refractivity contribution in [3.63, 3.8) is 0 Å². The van der Waals surface area contributed by atoms with Crippen molar-refractivity contribution in [2.75, 3.05) is 11.9 Å². The molecule has 0 radical (unpaired) electrons. The summed E-state index contributed by atoms with van der Waals surface area (Å²) in [5.41, 5.74) is 0.718. The molecule has 0 amide bonds. The molecule has 0 aromatic heterocycles. The van der Waals surface area contributed by atoms with Gasteiger partial charge in [-0.25, -0.2) is 0 Å². The Morgan fingerprint density at radius 3 is 2.39 bits per heavy atom. The van der Waals surface area contributed by atoms with Gasteiger partial charge in [-0.15, -0.1) is 0 Å². The summed E-state index contributed by atoms with van der Waals surface area (Å²) in [4.78, 5) is 1.89. The molecule has 6 heteroatoms. The first-order valence-corrected chi connectivity index (χ1v) is 7.58. The molecule has 2 rings (SSSR count). The van der Waals surface area contributed by atoms with Gasteiger partial charge in [0.05, 0.1) is 5.56 Å². The van der Waals surface area contributed by atoms with Crippen molar-refractivity contribution in [3.8, 4) is 0 Å². The lowest BCUT2D eigenvalue weighted by molar-refractivity contribution is -0.137. The van der Waals surface area contributed by atoms with Crippen LogP contribution in [0.15, 0.2) is 54.6 Å². The molecular formula is C17H17F3N2S. The van der Waals surface area contributed by atoms with Crippen molar-refractivity contribution in [1.29, 1.82) is 0 Å². The molecule has 0 heterocycles. The second-order valence-corrected chi connectivity index (χ2v) is 5.40.